The number of fused-ring (bicyclic) bond motifs is 1. The van der Waals surface area contributed by atoms with E-state index in [0.717, 1.165) is 10.9 Å². The minimum Gasteiger partial charge on any atom is -0.507 e. The van der Waals surface area contributed by atoms with Crippen molar-refractivity contribution in [2.24, 2.45) is 0 Å². The third-order valence-corrected chi connectivity index (χ3v) is 3.84. The SMILES string of the molecule is CC(C)(C)c1ccc(O)c(-c2ccc3cccc(O)c3n2)c1. The summed E-state index contributed by atoms with van der Waals surface area (Å²) in [6.07, 6.45) is 0. The van der Waals surface area contributed by atoms with Gasteiger partial charge in [0.15, 0.2) is 0 Å². The summed E-state index contributed by atoms with van der Waals surface area (Å²) in [6, 6.07) is 14.7. The zero-order valence-electron chi connectivity index (χ0n) is 13.0. The maximum absolute atomic E-state index is 10.2. The van der Waals surface area contributed by atoms with Gasteiger partial charge in [-0.1, -0.05) is 45.0 Å². The van der Waals surface area contributed by atoms with Gasteiger partial charge >= 0.3 is 0 Å². The van der Waals surface area contributed by atoms with E-state index in [2.05, 4.69) is 25.8 Å². The number of phenols is 2. The van der Waals surface area contributed by atoms with Gasteiger partial charge in [-0.05, 0) is 35.2 Å². The van der Waals surface area contributed by atoms with Crippen molar-refractivity contribution in [2.45, 2.75) is 26.2 Å². The standard InChI is InChI=1S/C19H19NO2/c1-19(2,3)13-8-10-16(21)14(11-13)15-9-7-12-5-4-6-17(22)18(12)20-15/h4-11,21-22H,1-3H3. The lowest BCUT2D eigenvalue weighted by molar-refractivity contribution is 0.475. The van der Waals surface area contributed by atoms with E-state index in [1.165, 1.54) is 0 Å². The van der Waals surface area contributed by atoms with Crippen molar-refractivity contribution >= 4 is 10.9 Å². The smallest absolute Gasteiger partial charge is 0.141 e. The number of pyridine rings is 1. The molecule has 0 amide bonds. The van der Waals surface area contributed by atoms with E-state index in [1.807, 2.05) is 30.3 Å². The molecule has 0 aliphatic rings. The second kappa shape index (κ2) is 5.02. The number of benzene rings is 2. The Morgan fingerprint density at radius 2 is 1.64 bits per heavy atom. The zero-order valence-corrected chi connectivity index (χ0v) is 13.0. The molecule has 0 atom stereocenters. The van der Waals surface area contributed by atoms with E-state index in [4.69, 9.17) is 0 Å². The Bertz CT molecular complexity index is 848. The Balaban J connectivity index is 2.21. The first-order valence-electron chi connectivity index (χ1n) is 7.29. The minimum absolute atomic E-state index is 0.0125. The molecule has 1 heterocycles. The maximum Gasteiger partial charge on any atom is 0.141 e. The van der Waals surface area contributed by atoms with Gasteiger partial charge in [0, 0.05) is 10.9 Å². The van der Waals surface area contributed by atoms with E-state index in [9.17, 15) is 10.2 Å². The van der Waals surface area contributed by atoms with Crippen LogP contribution in [-0.2, 0) is 5.41 Å². The quantitative estimate of drug-likeness (QED) is 0.689. The van der Waals surface area contributed by atoms with Crippen LogP contribution in [-0.4, -0.2) is 15.2 Å². The number of aromatic hydroxyl groups is 2. The molecule has 3 nitrogen and oxygen atoms in total. The summed E-state index contributed by atoms with van der Waals surface area (Å²) < 4.78 is 0. The van der Waals surface area contributed by atoms with Crippen LogP contribution >= 0.6 is 0 Å². The number of phenolic OH excluding ortho intramolecular Hbond substituents is 2. The Labute approximate surface area is 129 Å². The monoisotopic (exact) mass is 293 g/mol. The molecule has 0 radical (unpaired) electrons. The summed E-state index contributed by atoms with van der Waals surface area (Å²) in [5.74, 6) is 0.334. The van der Waals surface area contributed by atoms with Gasteiger partial charge in [-0.25, -0.2) is 4.98 Å². The Morgan fingerprint density at radius 1 is 0.864 bits per heavy atom. The molecule has 112 valence electrons. The molecule has 22 heavy (non-hydrogen) atoms. The first-order valence-corrected chi connectivity index (χ1v) is 7.29. The van der Waals surface area contributed by atoms with E-state index >= 15 is 0 Å². The molecule has 0 fully saturated rings. The average Bonchev–Trinajstić information content (AvgIpc) is 2.47. The van der Waals surface area contributed by atoms with Gasteiger partial charge in [0.1, 0.15) is 17.0 Å². The van der Waals surface area contributed by atoms with Crippen molar-refractivity contribution in [1.82, 2.24) is 4.98 Å². The topological polar surface area (TPSA) is 53.4 Å². The van der Waals surface area contributed by atoms with Crippen LogP contribution in [0, 0.1) is 0 Å². The molecule has 3 heteroatoms. The first kappa shape index (κ1) is 14.4. The predicted octanol–water partition coefficient (Wildman–Crippen LogP) is 4.61. The second-order valence-corrected chi connectivity index (χ2v) is 6.53. The van der Waals surface area contributed by atoms with Crippen molar-refractivity contribution in [3.8, 4) is 22.8 Å². The highest BCUT2D eigenvalue weighted by molar-refractivity contribution is 5.87. The molecule has 0 aliphatic carbocycles. The van der Waals surface area contributed by atoms with Crippen LogP contribution in [0.15, 0.2) is 48.5 Å². The van der Waals surface area contributed by atoms with E-state index in [-0.39, 0.29) is 16.9 Å². The van der Waals surface area contributed by atoms with Crippen LogP contribution in [0.3, 0.4) is 0 Å². The summed E-state index contributed by atoms with van der Waals surface area (Å²) in [6.45, 7) is 6.38. The van der Waals surface area contributed by atoms with Crippen molar-refractivity contribution in [1.29, 1.82) is 0 Å². The van der Waals surface area contributed by atoms with Crippen molar-refractivity contribution in [3.05, 3.63) is 54.1 Å². The van der Waals surface area contributed by atoms with Gasteiger partial charge in [-0.2, -0.15) is 0 Å². The number of aromatic nitrogens is 1. The molecule has 0 saturated carbocycles. The van der Waals surface area contributed by atoms with Gasteiger partial charge < -0.3 is 10.2 Å². The third-order valence-electron chi connectivity index (χ3n) is 3.84. The lowest BCUT2D eigenvalue weighted by Crippen LogP contribution is -2.10. The first-order chi connectivity index (χ1) is 10.4. The fraction of sp³-hybridized carbons (Fsp3) is 0.211. The molecule has 0 saturated heterocycles. The highest BCUT2D eigenvalue weighted by Crippen LogP contribution is 2.34. The highest BCUT2D eigenvalue weighted by Gasteiger charge is 2.17. The van der Waals surface area contributed by atoms with E-state index in [1.54, 1.807) is 18.2 Å². The lowest BCUT2D eigenvalue weighted by atomic mass is 9.85. The van der Waals surface area contributed by atoms with E-state index < -0.39 is 0 Å². The van der Waals surface area contributed by atoms with Crippen LogP contribution in [0.5, 0.6) is 11.5 Å². The highest BCUT2D eigenvalue weighted by atomic mass is 16.3. The van der Waals surface area contributed by atoms with Gasteiger partial charge in [0.25, 0.3) is 0 Å². The average molecular weight is 293 g/mol. The molecular formula is C19H19NO2. The third kappa shape index (κ3) is 2.50. The number of hydrogen-bond donors (Lipinski definition) is 2. The summed E-state index contributed by atoms with van der Waals surface area (Å²) in [4.78, 5) is 4.52. The van der Waals surface area contributed by atoms with Crippen molar-refractivity contribution in [3.63, 3.8) is 0 Å². The van der Waals surface area contributed by atoms with Crippen LogP contribution in [0.25, 0.3) is 22.2 Å². The van der Waals surface area contributed by atoms with Crippen LogP contribution < -0.4 is 0 Å². The molecule has 0 bridgehead atoms. The number of para-hydroxylation sites is 1. The Morgan fingerprint density at radius 3 is 2.36 bits per heavy atom. The van der Waals surface area contributed by atoms with Crippen LogP contribution in [0.4, 0.5) is 0 Å². The summed E-state index contributed by atoms with van der Waals surface area (Å²) in [5.41, 5.74) is 2.98. The maximum atomic E-state index is 10.2. The molecule has 0 unspecified atom stereocenters. The Hall–Kier alpha value is -2.55. The molecule has 0 aliphatic heterocycles. The van der Waals surface area contributed by atoms with Gasteiger partial charge in [-0.3, -0.25) is 0 Å². The van der Waals surface area contributed by atoms with Gasteiger partial charge in [-0.15, -0.1) is 0 Å². The minimum atomic E-state index is -0.0125. The zero-order chi connectivity index (χ0) is 15.9. The Kier molecular flexibility index (Phi) is 3.28. The fourth-order valence-corrected chi connectivity index (χ4v) is 2.49. The lowest BCUT2D eigenvalue weighted by Gasteiger charge is -2.20. The van der Waals surface area contributed by atoms with Crippen molar-refractivity contribution < 1.29 is 10.2 Å². The molecule has 0 spiro atoms. The van der Waals surface area contributed by atoms with Crippen LogP contribution in [0.1, 0.15) is 26.3 Å². The molecule has 1 aromatic heterocycles. The molecule has 3 aromatic rings. The summed E-state index contributed by atoms with van der Waals surface area (Å²) in [5, 5.41) is 21.0. The molecule has 2 N–H and O–H groups in total. The largest absolute Gasteiger partial charge is 0.507 e. The second-order valence-electron chi connectivity index (χ2n) is 6.53. The fourth-order valence-electron chi connectivity index (χ4n) is 2.49. The molecule has 2 aromatic carbocycles. The van der Waals surface area contributed by atoms with Crippen molar-refractivity contribution in [2.75, 3.05) is 0 Å². The molecule has 3 rings (SSSR count). The number of hydrogen-bond acceptors (Lipinski definition) is 3. The summed E-state index contributed by atoms with van der Waals surface area (Å²) >= 11 is 0. The molecular weight excluding hydrogens is 274 g/mol. The number of nitrogens with zero attached hydrogens (tertiary/aromatic N) is 1. The number of rotatable bonds is 1. The normalized spacial score (nSPS) is 11.8. The van der Waals surface area contributed by atoms with Crippen LogP contribution in [0.2, 0.25) is 0 Å². The predicted molar refractivity (Wildman–Crippen MR) is 89.2 cm³/mol. The van der Waals surface area contributed by atoms with E-state index in [0.29, 0.717) is 16.8 Å². The van der Waals surface area contributed by atoms with Gasteiger partial charge in [0.2, 0.25) is 0 Å². The summed E-state index contributed by atoms with van der Waals surface area (Å²) in [7, 11) is 0. The van der Waals surface area contributed by atoms with Gasteiger partial charge in [0.05, 0.1) is 5.69 Å².